The predicted molar refractivity (Wildman–Crippen MR) is 75.1 cm³/mol. The highest BCUT2D eigenvalue weighted by molar-refractivity contribution is 6.34. The molecule has 0 spiro atoms. The molecule has 0 radical (unpaired) electrons. The summed E-state index contributed by atoms with van der Waals surface area (Å²) in [5.41, 5.74) is 7.79. The van der Waals surface area contributed by atoms with Crippen LogP contribution in [0.4, 0.5) is 0 Å². The van der Waals surface area contributed by atoms with Crippen molar-refractivity contribution in [3.05, 3.63) is 63.6 Å². The molecule has 0 unspecified atom stereocenters. The van der Waals surface area contributed by atoms with E-state index >= 15 is 0 Å². The zero-order chi connectivity index (χ0) is 13.0. The molecule has 0 aliphatic rings. The van der Waals surface area contributed by atoms with E-state index in [2.05, 4.69) is 0 Å². The summed E-state index contributed by atoms with van der Waals surface area (Å²) in [6, 6.07) is 13.0. The second-order valence-electron chi connectivity index (χ2n) is 3.84. The van der Waals surface area contributed by atoms with Crippen LogP contribution in [0.3, 0.4) is 0 Å². The number of ether oxygens (including phenoxy) is 1. The highest BCUT2D eigenvalue weighted by atomic mass is 35.5. The number of nitrogens with two attached hydrogens (primary N) is 1. The molecule has 0 bridgehead atoms. The van der Waals surface area contributed by atoms with E-state index < -0.39 is 0 Å². The summed E-state index contributed by atoms with van der Waals surface area (Å²) in [6.45, 7) is 0.913. The van der Waals surface area contributed by atoms with Gasteiger partial charge in [-0.2, -0.15) is 0 Å². The largest absolute Gasteiger partial charge is 0.487 e. The lowest BCUT2D eigenvalue weighted by Gasteiger charge is -2.11. The summed E-state index contributed by atoms with van der Waals surface area (Å²) in [4.78, 5) is 0. The van der Waals surface area contributed by atoms with E-state index in [1.54, 1.807) is 18.2 Å². The smallest absolute Gasteiger partial charge is 0.139 e. The van der Waals surface area contributed by atoms with Crippen LogP contribution >= 0.6 is 23.2 Å². The molecule has 2 rings (SSSR count). The van der Waals surface area contributed by atoms with Crippen molar-refractivity contribution in [2.45, 2.75) is 13.2 Å². The van der Waals surface area contributed by atoms with Gasteiger partial charge in [0.05, 0.1) is 5.02 Å². The van der Waals surface area contributed by atoms with Crippen molar-refractivity contribution in [3.63, 3.8) is 0 Å². The van der Waals surface area contributed by atoms with Crippen LogP contribution in [0.1, 0.15) is 11.1 Å². The molecule has 0 aliphatic carbocycles. The average molecular weight is 282 g/mol. The molecule has 0 atom stereocenters. The van der Waals surface area contributed by atoms with Crippen LogP contribution < -0.4 is 10.5 Å². The van der Waals surface area contributed by atoms with E-state index in [1.165, 1.54) is 0 Å². The molecule has 2 aromatic carbocycles. The molecular weight excluding hydrogens is 269 g/mol. The predicted octanol–water partition coefficient (Wildman–Crippen LogP) is 4.03. The average Bonchev–Trinajstić information content (AvgIpc) is 2.40. The zero-order valence-corrected chi connectivity index (χ0v) is 11.2. The fraction of sp³-hybridized carbons (Fsp3) is 0.143. The van der Waals surface area contributed by atoms with Crippen LogP contribution in [0.2, 0.25) is 10.0 Å². The lowest BCUT2D eigenvalue weighted by Crippen LogP contribution is -2.04. The Morgan fingerprint density at radius 3 is 2.44 bits per heavy atom. The maximum Gasteiger partial charge on any atom is 0.139 e. The second-order valence-corrected chi connectivity index (χ2v) is 4.68. The quantitative estimate of drug-likeness (QED) is 0.918. The molecule has 2 N–H and O–H groups in total. The molecule has 0 saturated carbocycles. The summed E-state index contributed by atoms with van der Waals surface area (Å²) in [5, 5.41) is 1.14. The van der Waals surface area contributed by atoms with Crippen LogP contribution in [0.15, 0.2) is 42.5 Å². The van der Waals surface area contributed by atoms with E-state index in [4.69, 9.17) is 33.7 Å². The minimum absolute atomic E-state index is 0.424. The van der Waals surface area contributed by atoms with Gasteiger partial charge in [0.25, 0.3) is 0 Å². The summed E-state index contributed by atoms with van der Waals surface area (Å²) in [5.74, 6) is 0.580. The summed E-state index contributed by atoms with van der Waals surface area (Å²) < 4.78 is 5.67. The molecule has 0 saturated heterocycles. The van der Waals surface area contributed by atoms with Crippen molar-refractivity contribution in [2.24, 2.45) is 5.73 Å². The first-order chi connectivity index (χ1) is 8.70. The second kappa shape index (κ2) is 6.10. The van der Waals surface area contributed by atoms with E-state index in [1.807, 2.05) is 24.3 Å². The van der Waals surface area contributed by atoms with Crippen molar-refractivity contribution in [1.82, 2.24) is 0 Å². The first kappa shape index (κ1) is 13.2. The van der Waals surface area contributed by atoms with Gasteiger partial charge in [0, 0.05) is 17.6 Å². The minimum atomic E-state index is 0.424. The van der Waals surface area contributed by atoms with Crippen molar-refractivity contribution >= 4 is 23.2 Å². The van der Waals surface area contributed by atoms with Gasteiger partial charge in [-0.3, -0.25) is 0 Å². The molecule has 0 aromatic heterocycles. The third-order valence-corrected chi connectivity index (χ3v) is 3.16. The molecule has 94 valence electrons. The normalized spacial score (nSPS) is 10.4. The van der Waals surface area contributed by atoms with Gasteiger partial charge in [0.1, 0.15) is 12.4 Å². The SMILES string of the molecule is NCc1ccccc1COc1cc(Cl)ccc1Cl. The van der Waals surface area contributed by atoms with Crippen molar-refractivity contribution in [3.8, 4) is 5.75 Å². The third kappa shape index (κ3) is 3.16. The van der Waals surface area contributed by atoms with Crippen LogP contribution in [0, 0.1) is 0 Å². The lowest BCUT2D eigenvalue weighted by molar-refractivity contribution is 0.305. The Labute approximate surface area is 116 Å². The molecule has 0 heterocycles. The van der Waals surface area contributed by atoms with Crippen LogP contribution in [-0.2, 0) is 13.2 Å². The van der Waals surface area contributed by atoms with Gasteiger partial charge >= 0.3 is 0 Å². The van der Waals surface area contributed by atoms with E-state index in [-0.39, 0.29) is 0 Å². The maximum atomic E-state index is 6.03. The third-order valence-electron chi connectivity index (χ3n) is 2.61. The number of halogens is 2. The van der Waals surface area contributed by atoms with Gasteiger partial charge in [-0.25, -0.2) is 0 Å². The van der Waals surface area contributed by atoms with Gasteiger partial charge in [-0.15, -0.1) is 0 Å². The highest BCUT2D eigenvalue weighted by Gasteiger charge is 2.05. The Morgan fingerprint density at radius 1 is 1.00 bits per heavy atom. The van der Waals surface area contributed by atoms with Gasteiger partial charge < -0.3 is 10.5 Å². The highest BCUT2D eigenvalue weighted by Crippen LogP contribution is 2.28. The Hall–Kier alpha value is -1.22. The Bertz CT molecular complexity index is 543. The van der Waals surface area contributed by atoms with E-state index in [9.17, 15) is 0 Å². The van der Waals surface area contributed by atoms with Crippen molar-refractivity contribution in [2.75, 3.05) is 0 Å². The molecule has 0 aliphatic heterocycles. The van der Waals surface area contributed by atoms with Gasteiger partial charge in [0.2, 0.25) is 0 Å². The number of benzene rings is 2. The van der Waals surface area contributed by atoms with E-state index in [0.29, 0.717) is 28.9 Å². The minimum Gasteiger partial charge on any atom is -0.487 e. The molecular formula is C14H13Cl2NO. The van der Waals surface area contributed by atoms with Gasteiger partial charge in [-0.05, 0) is 23.3 Å². The summed E-state index contributed by atoms with van der Waals surface area (Å²) in [6.07, 6.45) is 0. The molecule has 2 nitrogen and oxygen atoms in total. The van der Waals surface area contributed by atoms with E-state index in [0.717, 1.165) is 11.1 Å². The van der Waals surface area contributed by atoms with Crippen molar-refractivity contribution in [1.29, 1.82) is 0 Å². The maximum absolute atomic E-state index is 6.03. The zero-order valence-electron chi connectivity index (χ0n) is 9.70. The Morgan fingerprint density at radius 2 is 1.72 bits per heavy atom. The lowest BCUT2D eigenvalue weighted by atomic mass is 10.1. The first-order valence-corrected chi connectivity index (χ1v) is 6.31. The van der Waals surface area contributed by atoms with Crippen molar-refractivity contribution < 1.29 is 4.74 Å². The Kier molecular flexibility index (Phi) is 4.48. The molecule has 2 aromatic rings. The fourth-order valence-corrected chi connectivity index (χ4v) is 1.97. The van der Waals surface area contributed by atoms with Crippen LogP contribution in [0.25, 0.3) is 0 Å². The molecule has 0 amide bonds. The number of hydrogen-bond acceptors (Lipinski definition) is 2. The first-order valence-electron chi connectivity index (χ1n) is 5.55. The van der Waals surface area contributed by atoms with Gasteiger partial charge in [0.15, 0.2) is 0 Å². The van der Waals surface area contributed by atoms with Gasteiger partial charge in [-0.1, -0.05) is 47.5 Å². The number of rotatable bonds is 4. The topological polar surface area (TPSA) is 35.2 Å². The van der Waals surface area contributed by atoms with Crippen LogP contribution in [0.5, 0.6) is 5.75 Å². The monoisotopic (exact) mass is 281 g/mol. The standard InChI is InChI=1S/C14H13Cl2NO/c15-12-5-6-13(16)14(7-12)18-9-11-4-2-1-3-10(11)8-17/h1-7H,8-9,17H2. The Balaban J connectivity index is 2.14. The summed E-state index contributed by atoms with van der Waals surface area (Å²) >= 11 is 11.9. The fourth-order valence-electron chi connectivity index (χ4n) is 1.64. The molecule has 4 heteroatoms. The van der Waals surface area contributed by atoms with Crippen LogP contribution in [-0.4, -0.2) is 0 Å². The molecule has 0 fully saturated rings. The molecule has 18 heavy (non-hydrogen) atoms. The number of hydrogen-bond donors (Lipinski definition) is 1. The summed E-state index contributed by atoms with van der Waals surface area (Å²) in [7, 11) is 0.